The highest BCUT2D eigenvalue weighted by Gasteiger charge is 2.35. The Morgan fingerprint density at radius 1 is 0.952 bits per heavy atom. The number of benzene rings is 2. The summed E-state index contributed by atoms with van der Waals surface area (Å²) in [6.07, 6.45) is -4.81. The van der Waals surface area contributed by atoms with E-state index in [0.29, 0.717) is 5.56 Å². The van der Waals surface area contributed by atoms with E-state index in [0.717, 1.165) is 5.56 Å². The number of ether oxygens (including phenoxy) is 1. The zero-order valence-electron chi connectivity index (χ0n) is 11.6. The van der Waals surface area contributed by atoms with Gasteiger partial charge in [-0.05, 0) is 25.5 Å². The molecule has 2 aromatic carbocycles. The van der Waals surface area contributed by atoms with Crippen molar-refractivity contribution in [2.45, 2.75) is 25.8 Å². The summed E-state index contributed by atoms with van der Waals surface area (Å²) < 4.78 is 41.4. The Kier molecular flexibility index (Phi) is 3.96. The van der Waals surface area contributed by atoms with E-state index >= 15 is 0 Å². The van der Waals surface area contributed by atoms with Gasteiger partial charge in [0.1, 0.15) is 11.4 Å². The first-order chi connectivity index (χ1) is 9.70. The van der Waals surface area contributed by atoms with E-state index in [-0.39, 0.29) is 5.56 Å². The van der Waals surface area contributed by atoms with Crippen molar-refractivity contribution in [1.29, 1.82) is 0 Å². The van der Waals surface area contributed by atoms with Gasteiger partial charge in [0.2, 0.25) is 0 Å². The van der Waals surface area contributed by atoms with E-state index in [4.69, 9.17) is 0 Å². The monoisotopic (exact) mass is 296 g/mol. The average Bonchev–Trinajstić information content (AvgIpc) is 2.37. The van der Waals surface area contributed by atoms with Gasteiger partial charge < -0.3 is 9.84 Å². The molecule has 0 fully saturated rings. The van der Waals surface area contributed by atoms with Crippen LogP contribution in [0.4, 0.5) is 13.2 Å². The van der Waals surface area contributed by atoms with Crippen LogP contribution in [0.2, 0.25) is 0 Å². The minimum absolute atomic E-state index is 0.0613. The summed E-state index contributed by atoms with van der Waals surface area (Å²) in [5.41, 5.74) is -0.0397. The van der Waals surface area contributed by atoms with Crippen LogP contribution in [0.3, 0.4) is 0 Å². The lowest BCUT2D eigenvalue weighted by molar-refractivity contribution is -0.275. The maximum absolute atomic E-state index is 12.5. The van der Waals surface area contributed by atoms with Crippen molar-refractivity contribution in [3.05, 3.63) is 65.2 Å². The summed E-state index contributed by atoms with van der Waals surface area (Å²) in [6, 6.07) is 12.5. The topological polar surface area (TPSA) is 29.5 Å². The summed E-state index contributed by atoms with van der Waals surface area (Å²) in [5.74, 6) is -0.407. The average molecular weight is 296 g/mol. The molecule has 112 valence electrons. The second kappa shape index (κ2) is 5.41. The predicted molar refractivity (Wildman–Crippen MR) is 73.0 cm³/mol. The van der Waals surface area contributed by atoms with E-state index in [2.05, 4.69) is 4.74 Å². The normalized spacial score (nSPS) is 14.6. The van der Waals surface area contributed by atoms with Gasteiger partial charge in [-0.1, -0.05) is 48.0 Å². The third-order valence-corrected chi connectivity index (χ3v) is 3.25. The van der Waals surface area contributed by atoms with Gasteiger partial charge in [-0.25, -0.2) is 0 Å². The number of halogens is 3. The Morgan fingerprint density at radius 2 is 1.52 bits per heavy atom. The minimum atomic E-state index is -4.81. The van der Waals surface area contributed by atoms with Crippen LogP contribution in [0, 0.1) is 6.92 Å². The van der Waals surface area contributed by atoms with E-state index in [1.807, 2.05) is 6.92 Å². The molecule has 1 atom stereocenters. The Balaban J connectivity index is 2.47. The molecule has 0 saturated carbocycles. The second-order valence-corrected chi connectivity index (χ2v) is 4.98. The number of para-hydroxylation sites is 1. The summed E-state index contributed by atoms with van der Waals surface area (Å²) in [7, 11) is 0. The van der Waals surface area contributed by atoms with Gasteiger partial charge in [-0.2, -0.15) is 0 Å². The fraction of sp³-hybridized carbons (Fsp3) is 0.250. The third kappa shape index (κ3) is 3.55. The summed E-state index contributed by atoms with van der Waals surface area (Å²) in [5, 5.41) is 10.7. The first kappa shape index (κ1) is 15.4. The van der Waals surface area contributed by atoms with Crippen molar-refractivity contribution in [2.75, 3.05) is 0 Å². The van der Waals surface area contributed by atoms with Crippen LogP contribution in [0.1, 0.15) is 23.6 Å². The molecule has 0 spiro atoms. The SMILES string of the molecule is Cc1ccc(C(C)(O)c2ccccc2OC(F)(F)F)cc1. The van der Waals surface area contributed by atoms with Crippen LogP contribution in [-0.4, -0.2) is 11.5 Å². The van der Waals surface area contributed by atoms with Crippen molar-refractivity contribution in [2.24, 2.45) is 0 Å². The van der Waals surface area contributed by atoms with Gasteiger partial charge >= 0.3 is 6.36 Å². The van der Waals surface area contributed by atoms with E-state index in [9.17, 15) is 18.3 Å². The minimum Gasteiger partial charge on any atom is -0.405 e. The standard InChI is InChI=1S/C16H15F3O2/c1-11-7-9-12(10-8-11)15(2,20)13-5-3-4-6-14(13)21-16(17,18)19/h3-10,20H,1-2H3. The fourth-order valence-corrected chi connectivity index (χ4v) is 2.12. The van der Waals surface area contributed by atoms with Crippen LogP contribution in [-0.2, 0) is 5.60 Å². The lowest BCUT2D eigenvalue weighted by Gasteiger charge is -2.27. The lowest BCUT2D eigenvalue weighted by atomic mass is 9.87. The molecular formula is C16H15F3O2. The molecule has 1 N–H and O–H groups in total. The smallest absolute Gasteiger partial charge is 0.405 e. The van der Waals surface area contributed by atoms with Gasteiger partial charge in [-0.15, -0.1) is 13.2 Å². The van der Waals surface area contributed by atoms with Crippen molar-refractivity contribution < 1.29 is 23.0 Å². The molecular weight excluding hydrogens is 281 g/mol. The molecule has 1 unspecified atom stereocenters. The Morgan fingerprint density at radius 3 is 2.10 bits per heavy atom. The first-order valence-electron chi connectivity index (χ1n) is 6.35. The van der Waals surface area contributed by atoms with Gasteiger partial charge in [0.15, 0.2) is 0 Å². The van der Waals surface area contributed by atoms with Crippen molar-refractivity contribution in [3.8, 4) is 5.75 Å². The molecule has 0 bridgehead atoms. The number of alkyl halides is 3. The van der Waals surface area contributed by atoms with Crippen LogP contribution in [0.5, 0.6) is 5.75 Å². The molecule has 0 aromatic heterocycles. The van der Waals surface area contributed by atoms with E-state index in [1.165, 1.54) is 25.1 Å². The molecule has 2 rings (SSSR count). The predicted octanol–water partition coefficient (Wildman–Crippen LogP) is 4.15. The van der Waals surface area contributed by atoms with Crippen LogP contribution < -0.4 is 4.74 Å². The zero-order valence-corrected chi connectivity index (χ0v) is 11.6. The lowest BCUT2D eigenvalue weighted by Crippen LogP contribution is -2.26. The molecule has 21 heavy (non-hydrogen) atoms. The highest BCUT2D eigenvalue weighted by Crippen LogP contribution is 2.37. The molecule has 2 nitrogen and oxygen atoms in total. The van der Waals surface area contributed by atoms with E-state index in [1.54, 1.807) is 30.3 Å². The number of hydrogen-bond donors (Lipinski definition) is 1. The van der Waals surface area contributed by atoms with Gasteiger partial charge in [0.05, 0.1) is 0 Å². The van der Waals surface area contributed by atoms with Crippen LogP contribution >= 0.6 is 0 Å². The molecule has 0 aliphatic carbocycles. The summed E-state index contributed by atoms with van der Waals surface area (Å²) >= 11 is 0. The number of hydrogen-bond acceptors (Lipinski definition) is 2. The Labute approximate surface area is 120 Å². The molecule has 0 radical (unpaired) electrons. The van der Waals surface area contributed by atoms with Gasteiger partial charge in [0.25, 0.3) is 0 Å². The van der Waals surface area contributed by atoms with E-state index < -0.39 is 17.7 Å². The van der Waals surface area contributed by atoms with Crippen molar-refractivity contribution >= 4 is 0 Å². The maximum Gasteiger partial charge on any atom is 0.573 e. The molecule has 0 saturated heterocycles. The third-order valence-electron chi connectivity index (χ3n) is 3.25. The highest BCUT2D eigenvalue weighted by molar-refractivity contribution is 5.44. The Hall–Kier alpha value is -2.01. The number of aliphatic hydroxyl groups is 1. The molecule has 0 heterocycles. The summed E-state index contributed by atoms with van der Waals surface area (Å²) in [6.45, 7) is 3.33. The largest absolute Gasteiger partial charge is 0.573 e. The van der Waals surface area contributed by atoms with Gasteiger partial charge in [-0.3, -0.25) is 0 Å². The quantitative estimate of drug-likeness (QED) is 0.922. The zero-order chi connectivity index (χ0) is 15.7. The maximum atomic E-state index is 12.5. The fourth-order valence-electron chi connectivity index (χ4n) is 2.12. The molecule has 2 aromatic rings. The highest BCUT2D eigenvalue weighted by atomic mass is 19.4. The molecule has 5 heteroatoms. The van der Waals surface area contributed by atoms with Crippen molar-refractivity contribution in [1.82, 2.24) is 0 Å². The number of aryl methyl sites for hydroxylation is 1. The molecule has 0 aliphatic rings. The van der Waals surface area contributed by atoms with Crippen LogP contribution in [0.25, 0.3) is 0 Å². The molecule has 0 aliphatic heterocycles. The van der Waals surface area contributed by atoms with Crippen molar-refractivity contribution in [3.63, 3.8) is 0 Å². The molecule has 0 amide bonds. The van der Waals surface area contributed by atoms with Gasteiger partial charge in [0, 0.05) is 5.56 Å². The number of rotatable bonds is 3. The summed E-state index contributed by atoms with van der Waals surface area (Å²) in [4.78, 5) is 0. The first-order valence-corrected chi connectivity index (χ1v) is 6.35. The Bertz CT molecular complexity index is 616. The van der Waals surface area contributed by atoms with Crippen LogP contribution in [0.15, 0.2) is 48.5 Å². The second-order valence-electron chi connectivity index (χ2n) is 4.98.